The summed E-state index contributed by atoms with van der Waals surface area (Å²) in [5.41, 5.74) is 17.7. The Balaban J connectivity index is 1.29. The summed E-state index contributed by atoms with van der Waals surface area (Å²) in [5.74, 6) is -0.950. The van der Waals surface area contributed by atoms with Crippen LogP contribution >= 0.6 is 0 Å². The number of azo groups is 3. The van der Waals surface area contributed by atoms with Gasteiger partial charge in [0.05, 0.1) is 48.5 Å². The molecule has 0 saturated carbocycles. The highest BCUT2D eigenvalue weighted by Gasteiger charge is 2.27. The summed E-state index contributed by atoms with van der Waals surface area (Å²) in [7, 11) is -13.5. The van der Waals surface area contributed by atoms with Gasteiger partial charge < -0.3 is 22.3 Å². The van der Waals surface area contributed by atoms with Gasteiger partial charge in [0.15, 0.2) is 15.6 Å². The van der Waals surface area contributed by atoms with E-state index >= 15 is 0 Å². The molecule has 0 radical (unpaired) electrons. The van der Waals surface area contributed by atoms with E-state index in [0.29, 0.717) is 22.7 Å². The summed E-state index contributed by atoms with van der Waals surface area (Å²) < 4.78 is 89.3. The van der Waals surface area contributed by atoms with Crippen molar-refractivity contribution in [2.45, 2.75) is 14.7 Å². The fourth-order valence-electron chi connectivity index (χ4n) is 5.32. The minimum atomic E-state index is -5.16. The Kier molecular flexibility index (Phi) is 11.1. The van der Waals surface area contributed by atoms with Gasteiger partial charge in [-0.15, -0.1) is 15.3 Å². The van der Waals surface area contributed by atoms with Gasteiger partial charge in [0.25, 0.3) is 25.8 Å². The molecule has 0 saturated heterocycles. The molecule has 0 spiro atoms. The Morgan fingerprint density at radius 2 is 1.19 bits per heavy atom. The van der Waals surface area contributed by atoms with Crippen LogP contribution in [-0.2, 0) is 30.0 Å². The van der Waals surface area contributed by atoms with Crippen molar-refractivity contribution >= 4 is 103 Å². The molecule has 0 aliphatic carbocycles. The number of hydrogen-bond donors (Lipinski definition) is 6. The minimum absolute atomic E-state index is 0.0285. The first-order valence-electron chi connectivity index (χ1n) is 16.4. The highest BCUT2D eigenvalue weighted by atomic mass is 32.2. The van der Waals surface area contributed by atoms with Gasteiger partial charge in [-0.2, -0.15) is 23.8 Å². The minimum Gasteiger partial charge on any atom is -0.505 e. The van der Waals surface area contributed by atoms with Crippen LogP contribution in [0.25, 0.3) is 10.8 Å². The second kappa shape index (κ2) is 15.9. The molecule has 6 aromatic carbocycles. The summed E-state index contributed by atoms with van der Waals surface area (Å²) in [6.07, 6.45) is 0.811. The molecule has 6 rings (SSSR count). The number of nitro groups is 1. The summed E-state index contributed by atoms with van der Waals surface area (Å²) >= 11 is 0. The van der Waals surface area contributed by atoms with Crippen molar-refractivity contribution in [3.63, 3.8) is 0 Å². The highest BCUT2D eigenvalue weighted by molar-refractivity contribution is 7.92. The number of nitrogens with zero attached hydrogens (tertiary/aromatic N) is 7. The quantitative estimate of drug-likeness (QED) is 0.0224. The Morgan fingerprint density at radius 1 is 0.661 bits per heavy atom. The average Bonchev–Trinajstić information content (AvgIpc) is 3.16. The molecule has 0 atom stereocenters. The van der Waals surface area contributed by atoms with Crippen molar-refractivity contribution in [2.24, 2.45) is 30.7 Å². The second-order valence-electron chi connectivity index (χ2n) is 12.4. The van der Waals surface area contributed by atoms with Gasteiger partial charge in [0.1, 0.15) is 22.0 Å². The topological polar surface area (TPSA) is 350 Å². The van der Waals surface area contributed by atoms with E-state index in [4.69, 9.17) is 17.2 Å². The van der Waals surface area contributed by atoms with Crippen LogP contribution in [0.2, 0.25) is 0 Å². The molecule has 9 N–H and O–H groups in total. The van der Waals surface area contributed by atoms with Crippen LogP contribution in [0.15, 0.2) is 149 Å². The van der Waals surface area contributed by atoms with Gasteiger partial charge in [0.2, 0.25) is 0 Å². The second-order valence-corrected chi connectivity index (χ2v) is 17.4. The van der Waals surface area contributed by atoms with Gasteiger partial charge in [-0.3, -0.25) is 19.4 Å². The van der Waals surface area contributed by atoms with E-state index in [2.05, 4.69) is 35.4 Å². The maximum absolute atomic E-state index is 13.1. The number of aromatic hydroxyl groups is 1. The molecule has 21 nitrogen and oxygen atoms in total. The summed E-state index contributed by atoms with van der Waals surface area (Å²) in [6.45, 7) is 0. The molecule has 6 aromatic rings. The van der Waals surface area contributed by atoms with Crippen LogP contribution in [0.5, 0.6) is 5.75 Å². The number of hydrogen-bond acceptors (Lipinski definition) is 18. The predicted octanol–water partition coefficient (Wildman–Crippen LogP) is 7.90. The number of anilines is 4. The summed E-state index contributed by atoms with van der Waals surface area (Å²) in [6, 6.07) is 22.0. The lowest BCUT2D eigenvalue weighted by atomic mass is 10.1. The van der Waals surface area contributed by atoms with Crippen molar-refractivity contribution in [3.05, 3.63) is 113 Å². The molecule has 0 heterocycles. The lowest BCUT2D eigenvalue weighted by Gasteiger charge is -2.14. The fourth-order valence-corrected chi connectivity index (χ4v) is 7.88. The number of fused-ring (bicyclic) bond motifs is 1. The van der Waals surface area contributed by atoms with Gasteiger partial charge >= 0.3 is 0 Å². The molecule has 0 fully saturated rings. The number of sulfone groups is 1. The number of nitrogens with one attached hydrogen (secondary N) is 1. The third-order valence-electron chi connectivity index (χ3n) is 8.17. The molecule has 59 heavy (non-hydrogen) atoms. The van der Waals surface area contributed by atoms with Crippen LogP contribution in [-0.4, -0.2) is 46.1 Å². The lowest BCUT2D eigenvalue weighted by Crippen LogP contribution is -2.12. The molecule has 0 unspecified atom stereocenters. The first-order valence-corrected chi connectivity index (χ1v) is 21.2. The number of phenols is 1. The monoisotopic (exact) mass is 859 g/mol. The smallest absolute Gasteiger partial charge is 0.296 e. The van der Waals surface area contributed by atoms with Gasteiger partial charge in [-0.05, 0) is 96.4 Å². The molecule has 0 aliphatic rings. The third-order valence-corrected chi connectivity index (χ3v) is 11.5. The van der Waals surface area contributed by atoms with Crippen LogP contribution in [0.3, 0.4) is 0 Å². The SMILES string of the molecule is CS(=O)(=O)c1cc2cc(S(=O)(=O)O)c(N=Nc3ccc(S(=O)(=O)Nc4ccc(N=Nc5ccc(N)cc5N)cc4)cc3)c(O)c2c(N)c1N=Nc1ccc([N+](=O)[O-])cc1. The van der Waals surface area contributed by atoms with Crippen molar-refractivity contribution in [1.82, 2.24) is 0 Å². The van der Waals surface area contributed by atoms with Crippen molar-refractivity contribution in [2.75, 3.05) is 28.2 Å². The number of nitrogens with two attached hydrogens (primary N) is 3. The number of non-ortho nitro benzene ring substituents is 1. The molecule has 0 bridgehead atoms. The summed E-state index contributed by atoms with van der Waals surface area (Å²) in [5, 5.41) is 45.5. The predicted molar refractivity (Wildman–Crippen MR) is 218 cm³/mol. The highest BCUT2D eigenvalue weighted by Crippen LogP contribution is 2.48. The first-order chi connectivity index (χ1) is 27.7. The molecule has 302 valence electrons. The van der Waals surface area contributed by atoms with Crippen molar-refractivity contribution < 1.29 is 39.8 Å². The van der Waals surface area contributed by atoms with E-state index < -0.39 is 67.5 Å². The summed E-state index contributed by atoms with van der Waals surface area (Å²) in [4.78, 5) is 8.65. The molecule has 0 aromatic heterocycles. The zero-order chi connectivity index (χ0) is 42.9. The van der Waals surface area contributed by atoms with Gasteiger partial charge in [0, 0.05) is 29.8 Å². The zero-order valence-corrected chi connectivity index (χ0v) is 32.5. The number of benzene rings is 6. The number of sulfonamides is 1. The van der Waals surface area contributed by atoms with Crippen molar-refractivity contribution in [1.29, 1.82) is 0 Å². The normalized spacial score (nSPS) is 12.5. The zero-order valence-electron chi connectivity index (χ0n) is 30.1. The number of phenolic OH excluding ortho intramolecular Hbond substituents is 1. The number of nitro benzene ring substituents is 1. The van der Waals surface area contributed by atoms with E-state index in [-0.39, 0.29) is 38.4 Å². The maximum atomic E-state index is 13.1. The van der Waals surface area contributed by atoms with Crippen LogP contribution in [0, 0.1) is 10.1 Å². The molecule has 0 amide bonds. The molecule has 24 heteroatoms. The Morgan fingerprint density at radius 3 is 1.73 bits per heavy atom. The van der Waals surface area contributed by atoms with Gasteiger partial charge in [-0.25, -0.2) is 16.8 Å². The Hall–Kier alpha value is -7.41. The Labute approximate surface area is 334 Å². The van der Waals surface area contributed by atoms with E-state index in [1.165, 1.54) is 66.7 Å². The largest absolute Gasteiger partial charge is 0.505 e. The lowest BCUT2D eigenvalue weighted by molar-refractivity contribution is -0.384. The first kappa shape index (κ1) is 41.2. The van der Waals surface area contributed by atoms with Crippen LogP contribution in [0.1, 0.15) is 0 Å². The third kappa shape index (κ3) is 9.26. The van der Waals surface area contributed by atoms with E-state index in [0.717, 1.165) is 30.5 Å². The fraction of sp³-hybridized carbons (Fsp3) is 0.0286. The number of rotatable bonds is 12. The molecule has 0 aliphatic heterocycles. The average molecular weight is 860 g/mol. The Bertz CT molecular complexity index is 3090. The molecular formula is C35H29N11O10S3. The standard InChI is InChI=1S/C35H29N11O10S3/c1-57(50,51)29-16-19-17-30(59(54,55)56)34(35(47)31(19)32(38)33(29)43-40-22-7-11-25(12-8-22)46(48)49)44-41-23-9-13-26(14-10-23)58(52,53)45-24-5-3-21(4-6-24)39-42-28-15-2-20(36)18-27(28)37/h2-18,45,47H,36-38H2,1H3,(H,54,55,56). The number of nitrogen functional groups attached to an aromatic ring is 3. The van der Waals surface area contributed by atoms with Crippen molar-refractivity contribution in [3.8, 4) is 5.75 Å². The van der Waals surface area contributed by atoms with E-state index in [9.17, 15) is 45.0 Å². The van der Waals surface area contributed by atoms with Crippen LogP contribution < -0.4 is 21.9 Å². The van der Waals surface area contributed by atoms with E-state index in [1.807, 2.05) is 0 Å². The van der Waals surface area contributed by atoms with Gasteiger partial charge in [-0.1, -0.05) is 0 Å². The molecular weight excluding hydrogens is 831 g/mol. The van der Waals surface area contributed by atoms with E-state index in [1.54, 1.807) is 12.1 Å². The van der Waals surface area contributed by atoms with Crippen LogP contribution in [0.4, 0.5) is 62.6 Å². The maximum Gasteiger partial charge on any atom is 0.296 e.